The fourth-order valence-corrected chi connectivity index (χ4v) is 3.33. The number of rotatable bonds is 1. The fraction of sp³-hybridized carbons (Fsp3) is 0.357. The largest absolute Gasteiger partial charge is 0.357 e. The number of urea groups is 1. The Kier molecular flexibility index (Phi) is 3.73. The van der Waals surface area contributed by atoms with E-state index in [1.165, 1.54) is 7.11 Å². The Morgan fingerprint density at radius 1 is 1.48 bits per heavy atom. The number of nitrogens with one attached hydrogen (secondary N) is 2. The van der Waals surface area contributed by atoms with Crippen LogP contribution in [0.15, 0.2) is 12.1 Å². The molecular formula is C14H15Cl2N3O2. The number of benzene rings is 1. The van der Waals surface area contributed by atoms with Gasteiger partial charge in [0.15, 0.2) is 0 Å². The van der Waals surface area contributed by atoms with Gasteiger partial charge in [-0.3, -0.25) is 4.84 Å². The molecule has 2 heterocycles. The van der Waals surface area contributed by atoms with Crippen molar-refractivity contribution in [3.05, 3.63) is 33.4 Å². The van der Waals surface area contributed by atoms with E-state index in [2.05, 4.69) is 10.5 Å². The number of carbonyl (C=O) groups is 1. The van der Waals surface area contributed by atoms with Crippen LogP contribution in [0, 0.1) is 0 Å². The quantitative estimate of drug-likeness (QED) is 0.785. The maximum Gasteiger partial charge on any atom is 0.341 e. The van der Waals surface area contributed by atoms with Crippen molar-refractivity contribution >= 4 is 40.1 Å². The zero-order chi connectivity index (χ0) is 15.1. The average Bonchev–Trinajstić information content (AvgIpc) is 2.83. The summed E-state index contributed by atoms with van der Waals surface area (Å²) in [6, 6.07) is 3.40. The summed E-state index contributed by atoms with van der Waals surface area (Å²) < 4.78 is 0. The van der Waals surface area contributed by atoms with E-state index in [-0.39, 0.29) is 12.1 Å². The minimum atomic E-state index is -0.245. The summed E-state index contributed by atoms with van der Waals surface area (Å²) >= 11 is 12.3. The number of fused-ring (bicyclic) bond motifs is 3. The number of hydrogen-bond donors (Lipinski definition) is 2. The third-order valence-corrected chi connectivity index (χ3v) is 4.73. The van der Waals surface area contributed by atoms with E-state index in [9.17, 15) is 4.79 Å². The molecule has 0 unspecified atom stereocenters. The molecule has 0 bridgehead atoms. The highest BCUT2D eigenvalue weighted by molar-refractivity contribution is 6.45. The predicted octanol–water partition coefficient (Wildman–Crippen LogP) is 3.66. The number of H-pyrrole nitrogens is 1. The second kappa shape index (κ2) is 5.40. The van der Waals surface area contributed by atoms with Crippen LogP contribution in [0.5, 0.6) is 0 Å². The highest BCUT2D eigenvalue weighted by Crippen LogP contribution is 2.39. The van der Waals surface area contributed by atoms with Gasteiger partial charge in [-0.25, -0.2) is 10.3 Å². The first kappa shape index (κ1) is 14.5. The normalized spacial score (nSPS) is 17.9. The number of hydrogen-bond acceptors (Lipinski definition) is 2. The smallest absolute Gasteiger partial charge is 0.341 e. The zero-order valence-corrected chi connectivity index (χ0v) is 13.2. The van der Waals surface area contributed by atoms with Gasteiger partial charge in [0.1, 0.15) is 0 Å². The number of carbonyl (C=O) groups excluding carboxylic acids is 1. The Morgan fingerprint density at radius 2 is 2.24 bits per heavy atom. The lowest BCUT2D eigenvalue weighted by Gasteiger charge is -2.33. The van der Waals surface area contributed by atoms with E-state index in [4.69, 9.17) is 28.0 Å². The van der Waals surface area contributed by atoms with Crippen molar-refractivity contribution in [2.75, 3.05) is 13.7 Å². The summed E-state index contributed by atoms with van der Waals surface area (Å²) in [6.45, 7) is 2.60. The zero-order valence-electron chi connectivity index (χ0n) is 11.7. The monoisotopic (exact) mass is 327 g/mol. The Labute approximate surface area is 132 Å². The molecule has 1 aliphatic heterocycles. The molecule has 1 aromatic heterocycles. The summed E-state index contributed by atoms with van der Waals surface area (Å²) in [6.07, 6.45) is 0.736. The standard InChI is InChI=1S/C14H15Cl2N3O2/c1-7-11-8-3-4-9(15)12(16)13(8)17-10(11)5-6-19(7)14(20)18-21-2/h3-4,7,17H,5-6H2,1-2H3,(H,18,20)/t7-/m1/s1. The van der Waals surface area contributed by atoms with Crippen LogP contribution < -0.4 is 5.48 Å². The third kappa shape index (κ3) is 2.25. The molecule has 21 heavy (non-hydrogen) atoms. The average molecular weight is 328 g/mol. The Morgan fingerprint density at radius 3 is 2.95 bits per heavy atom. The van der Waals surface area contributed by atoms with E-state index in [1.807, 2.05) is 13.0 Å². The van der Waals surface area contributed by atoms with Crippen LogP contribution in [0.3, 0.4) is 0 Å². The second-order valence-corrected chi connectivity index (χ2v) is 5.82. The van der Waals surface area contributed by atoms with Gasteiger partial charge in [-0.15, -0.1) is 0 Å². The van der Waals surface area contributed by atoms with Crippen LogP contribution in [-0.4, -0.2) is 29.6 Å². The molecule has 0 aliphatic carbocycles. The van der Waals surface area contributed by atoms with Crippen LogP contribution in [0.4, 0.5) is 4.79 Å². The molecule has 3 rings (SSSR count). The maximum atomic E-state index is 12.0. The first-order chi connectivity index (χ1) is 10.0. The van der Waals surface area contributed by atoms with Gasteiger partial charge in [-0.2, -0.15) is 0 Å². The molecule has 112 valence electrons. The number of nitrogens with zero attached hydrogens (tertiary/aromatic N) is 1. The molecule has 0 saturated carbocycles. The lowest BCUT2D eigenvalue weighted by Crippen LogP contribution is -2.44. The molecular weight excluding hydrogens is 313 g/mol. The van der Waals surface area contributed by atoms with Crippen molar-refractivity contribution in [1.29, 1.82) is 0 Å². The van der Waals surface area contributed by atoms with Gasteiger partial charge in [0, 0.05) is 29.6 Å². The SMILES string of the molecule is CONC(=O)N1CCc2[nH]c3c(Cl)c(Cl)ccc3c2[C@H]1C. The van der Waals surface area contributed by atoms with Gasteiger partial charge in [0.25, 0.3) is 0 Å². The molecule has 5 nitrogen and oxygen atoms in total. The third-order valence-electron chi connectivity index (χ3n) is 3.92. The summed E-state index contributed by atoms with van der Waals surface area (Å²) in [5.41, 5.74) is 5.38. The Bertz CT molecular complexity index is 714. The van der Waals surface area contributed by atoms with Crippen molar-refractivity contribution < 1.29 is 9.63 Å². The summed E-state index contributed by atoms with van der Waals surface area (Å²) in [5, 5.41) is 2.04. The summed E-state index contributed by atoms with van der Waals surface area (Å²) in [7, 11) is 1.42. The van der Waals surface area contributed by atoms with Gasteiger partial charge >= 0.3 is 6.03 Å². The Balaban J connectivity index is 2.09. The topological polar surface area (TPSA) is 57.4 Å². The predicted molar refractivity (Wildman–Crippen MR) is 82.7 cm³/mol. The number of hydroxylamine groups is 1. The molecule has 0 radical (unpaired) electrons. The van der Waals surface area contributed by atoms with E-state index >= 15 is 0 Å². The van der Waals surface area contributed by atoms with Crippen LogP contribution in [0.1, 0.15) is 24.2 Å². The first-order valence-electron chi connectivity index (χ1n) is 6.62. The van der Waals surface area contributed by atoms with E-state index in [0.29, 0.717) is 16.6 Å². The molecule has 0 saturated heterocycles. The van der Waals surface area contributed by atoms with Crippen LogP contribution >= 0.6 is 23.2 Å². The molecule has 7 heteroatoms. The van der Waals surface area contributed by atoms with E-state index in [0.717, 1.165) is 28.6 Å². The molecule has 1 aliphatic rings. The van der Waals surface area contributed by atoms with E-state index in [1.54, 1.807) is 11.0 Å². The second-order valence-electron chi connectivity index (χ2n) is 5.03. The van der Waals surface area contributed by atoms with Crippen molar-refractivity contribution in [2.45, 2.75) is 19.4 Å². The van der Waals surface area contributed by atoms with Crippen LogP contribution in [0.2, 0.25) is 10.0 Å². The molecule has 2 N–H and O–H groups in total. The minimum absolute atomic E-state index is 0.0742. The molecule has 2 aromatic rings. The minimum Gasteiger partial charge on any atom is -0.357 e. The lowest BCUT2D eigenvalue weighted by molar-refractivity contribution is 0.0779. The molecule has 0 fully saturated rings. The van der Waals surface area contributed by atoms with Gasteiger partial charge in [0.05, 0.1) is 28.7 Å². The lowest BCUT2D eigenvalue weighted by atomic mass is 9.97. The highest BCUT2D eigenvalue weighted by atomic mass is 35.5. The van der Waals surface area contributed by atoms with Gasteiger partial charge in [-0.1, -0.05) is 29.3 Å². The van der Waals surface area contributed by atoms with Gasteiger partial charge < -0.3 is 9.88 Å². The first-order valence-corrected chi connectivity index (χ1v) is 7.38. The van der Waals surface area contributed by atoms with E-state index < -0.39 is 0 Å². The summed E-state index contributed by atoms with van der Waals surface area (Å²) in [5.74, 6) is 0. The molecule has 0 spiro atoms. The van der Waals surface area contributed by atoms with Crippen molar-refractivity contribution in [2.24, 2.45) is 0 Å². The van der Waals surface area contributed by atoms with Gasteiger partial charge in [-0.05, 0) is 13.0 Å². The highest BCUT2D eigenvalue weighted by Gasteiger charge is 2.31. The Hall–Kier alpha value is -1.43. The number of halogens is 2. The van der Waals surface area contributed by atoms with Gasteiger partial charge in [0.2, 0.25) is 0 Å². The number of amides is 2. The van der Waals surface area contributed by atoms with Crippen molar-refractivity contribution in [3.8, 4) is 0 Å². The number of aromatic amines is 1. The summed E-state index contributed by atoms with van der Waals surface area (Å²) in [4.78, 5) is 21.8. The molecule has 1 aromatic carbocycles. The molecule has 2 amide bonds. The van der Waals surface area contributed by atoms with Crippen molar-refractivity contribution in [3.63, 3.8) is 0 Å². The molecule has 1 atom stereocenters. The van der Waals surface area contributed by atoms with Crippen LogP contribution in [-0.2, 0) is 11.3 Å². The van der Waals surface area contributed by atoms with Crippen LogP contribution in [0.25, 0.3) is 10.9 Å². The maximum absolute atomic E-state index is 12.0. The number of aromatic nitrogens is 1. The fourth-order valence-electron chi connectivity index (χ4n) is 2.96. The van der Waals surface area contributed by atoms with Crippen molar-refractivity contribution in [1.82, 2.24) is 15.4 Å².